The number of aromatic nitrogens is 1. The molecule has 102 valence electrons. The number of aliphatic hydroxyl groups excluding tert-OH is 1. The van der Waals surface area contributed by atoms with Crippen LogP contribution in [0, 0.1) is 6.92 Å². The molecular formula is C12H21N3O2S. The maximum absolute atomic E-state index is 11.7. The molecule has 0 aliphatic carbocycles. The van der Waals surface area contributed by atoms with Gasteiger partial charge in [0.05, 0.1) is 12.2 Å². The Bertz CT molecular complexity index is 368. The van der Waals surface area contributed by atoms with E-state index < -0.39 is 0 Å². The van der Waals surface area contributed by atoms with Crippen LogP contribution >= 0.6 is 11.3 Å². The van der Waals surface area contributed by atoms with E-state index >= 15 is 0 Å². The third-order valence-corrected chi connectivity index (χ3v) is 3.35. The highest BCUT2D eigenvalue weighted by atomic mass is 32.1. The fourth-order valence-electron chi connectivity index (χ4n) is 1.56. The van der Waals surface area contributed by atoms with E-state index in [1.165, 1.54) is 11.3 Å². The number of aliphatic hydroxyl groups is 1. The Hall–Kier alpha value is -0.980. The van der Waals surface area contributed by atoms with Gasteiger partial charge in [0.15, 0.2) is 5.13 Å². The second-order valence-electron chi connectivity index (χ2n) is 4.36. The summed E-state index contributed by atoms with van der Waals surface area (Å²) in [4.78, 5) is 17.9. The van der Waals surface area contributed by atoms with Crippen LogP contribution in [0.3, 0.4) is 0 Å². The standard InChI is InChI=1S/C12H21N3O2S/c1-10-9-18-12(13-10)14-11(17)8-15(2)6-4-3-5-7-16/h9,16H,3-8H2,1-2H3,(H,13,14,17). The normalized spacial score (nSPS) is 10.9. The predicted octanol–water partition coefficient (Wildman–Crippen LogP) is 1.48. The molecule has 0 unspecified atom stereocenters. The summed E-state index contributed by atoms with van der Waals surface area (Å²) in [5, 5.41) is 14.0. The first kappa shape index (κ1) is 15.1. The van der Waals surface area contributed by atoms with Gasteiger partial charge in [-0.1, -0.05) is 0 Å². The lowest BCUT2D eigenvalue weighted by Gasteiger charge is -2.15. The Kier molecular flexibility index (Phi) is 6.85. The molecule has 0 aliphatic rings. The van der Waals surface area contributed by atoms with Gasteiger partial charge in [-0.3, -0.25) is 9.69 Å². The van der Waals surface area contributed by atoms with Gasteiger partial charge < -0.3 is 10.4 Å². The molecule has 0 atom stereocenters. The molecule has 1 aromatic heterocycles. The molecule has 1 rings (SSSR count). The average Bonchev–Trinajstić information content (AvgIpc) is 2.70. The number of thiazole rings is 1. The van der Waals surface area contributed by atoms with E-state index in [0.717, 1.165) is 31.5 Å². The molecule has 5 nitrogen and oxygen atoms in total. The minimum atomic E-state index is -0.0333. The first-order chi connectivity index (χ1) is 8.61. The van der Waals surface area contributed by atoms with Gasteiger partial charge in [0.1, 0.15) is 0 Å². The van der Waals surface area contributed by atoms with E-state index in [9.17, 15) is 4.79 Å². The van der Waals surface area contributed by atoms with E-state index in [4.69, 9.17) is 5.11 Å². The summed E-state index contributed by atoms with van der Waals surface area (Å²) in [5.41, 5.74) is 0.924. The number of likely N-dealkylation sites (N-methyl/N-ethyl adjacent to an activating group) is 1. The zero-order chi connectivity index (χ0) is 13.4. The number of carbonyl (C=O) groups is 1. The van der Waals surface area contributed by atoms with E-state index in [0.29, 0.717) is 11.7 Å². The van der Waals surface area contributed by atoms with E-state index in [2.05, 4.69) is 10.3 Å². The molecule has 0 saturated heterocycles. The summed E-state index contributed by atoms with van der Waals surface area (Å²) in [6.07, 6.45) is 2.83. The molecule has 1 aromatic rings. The van der Waals surface area contributed by atoms with Gasteiger partial charge in [-0.05, 0) is 39.8 Å². The Balaban J connectivity index is 2.19. The second kappa shape index (κ2) is 8.18. The van der Waals surface area contributed by atoms with Gasteiger partial charge in [0, 0.05) is 12.0 Å². The zero-order valence-electron chi connectivity index (χ0n) is 11.0. The SMILES string of the molecule is Cc1csc(NC(=O)CN(C)CCCCCO)n1. The summed E-state index contributed by atoms with van der Waals surface area (Å²) in [5.74, 6) is -0.0333. The number of hydrogen-bond donors (Lipinski definition) is 2. The van der Waals surface area contributed by atoms with Crippen molar-refractivity contribution in [2.75, 3.05) is 32.1 Å². The van der Waals surface area contributed by atoms with Gasteiger partial charge in [0.25, 0.3) is 0 Å². The van der Waals surface area contributed by atoms with Crippen LogP contribution in [0.4, 0.5) is 5.13 Å². The number of unbranched alkanes of at least 4 members (excludes halogenated alkanes) is 2. The molecule has 0 radical (unpaired) electrons. The summed E-state index contributed by atoms with van der Waals surface area (Å²) in [7, 11) is 1.92. The maximum Gasteiger partial charge on any atom is 0.240 e. The molecule has 0 bridgehead atoms. The number of aryl methyl sites for hydroxylation is 1. The highest BCUT2D eigenvalue weighted by Gasteiger charge is 2.08. The first-order valence-electron chi connectivity index (χ1n) is 6.13. The van der Waals surface area contributed by atoms with Gasteiger partial charge >= 0.3 is 0 Å². The third kappa shape index (κ3) is 6.09. The van der Waals surface area contributed by atoms with Crippen molar-refractivity contribution in [3.8, 4) is 0 Å². The maximum atomic E-state index is 11.7. The summed E-state index contributed by atoms with van der Waals surface area (Å²) in [6.45, 7) is 3.38. The fourth-order valence-corrected chi connectivity index (χ4v) is 2.27. The Morgan fingerprint density at radius 2 is 2.28 bits per heavy atom. The van der Waals surface area contributed by atoms with Crippen molar-refractivity contribution < 1.29 is 9.90 Å². The lowest BCUT2D eigenvalue weighted by atomic mass is 10.2. The molecular weight excluding hydrogens is 250 g/mol. The summed E-state index contributed by atoms with van der Waals surface area (Å²) < 4.78 is 0. The van der Waals surface area contributed by atoms with E-state index in [-0.39, 0.29) is 12.5 Å². The average molecular weight is 271 g/mol. The molecule has 6 heteroatoms. The van der Waals surface area contributed by atoms with Gasteiger partial charge in [0.2, 0.25) is 5.91 Å². The lowest BCUT2D eigenvalue weighted by Crippen LogP contribution is -2.30. The highest BCUT2D eigenvalue weighted by Crippen LogP contribution is 2.14. The smallest absolute Gasteiger partial charge is 0.240 e. The van der Waals surface area contributed by atoms with Crippen molar-refractivity contribution in [3.63, 3.8) is 0 Å². The number of anilines is 1. The van der Waals surface area contributed by atoms with Crippen LogP contribution in [0.25, 0.3) is 0 Å². The minimum absolute atomic E-state index is 0.0333. The van der Waals surface area contributed by atoms with Crippen LogP contribution in [-0.4, -0.2) is 47.6 Å². The third-order valence-electron chi connectivity index (χ3n) is 2.48. The topological polar surface area (TPSA) is 65.5 Å². The van der Waals surface area contributed by atoms with E-state index in [1.54, 1.807) is 0 Å². The molecule has 1 amide bonds. The van der Waals surface area contributed by atoms with Crippen molar-refractivity contribution in [2.45, 2.75) is 26.2 Å². The van der Waals surface area contributed by atoms with Crippen LogP contribution in [0.15, 0.2) is 5.38 Å². The molecule has 2 N–H and O–H groups in total. The number of amides is 1. The molecule has 0 fully saturated rings. The van der Waals surface area contributed by atoms with Crippen molar-refractivity contribution in [2.24, 2.45) is 0 Å². The fraction of sp³-hybridized carbons (Fsp3) is 0.667. The van der Waals surface area contributed by atoms with Crippen LogP contribution < -0.4 is 5.32 Å². The Labute approximate surface area is 112 Å². The molecule has 0 saturated carbocycles. The second-order valence-corrected chi connectivity index (χ2v) is 5.22. The van der Waals surface area contributed by atoms with Crippen LogP contribution in [-0.2, 0) is 4.79 Å². The highest BCUT2D eigenvalue weighted by molar-refractivity contribution is 7.13. The summed E-state index contributed by atoms with van der Waals surface area (Å²) >= 11 is 1.44. The van der Waals surface area contributed by atoms with Gasteiger partial charge in [-0.25, -0.2) is 4.98 Å². The quantitative estimate of drug-likeness (QED) is 0.703. The number of nitrogens with zero attached hydrogens (tertiary/aromatic N) is 2. The number of rotatable bonds is 8. The molecule has 18 heavy (non-hydrogen) atoms. The van der Waals surface area contributed by atoms with Crippen LogP contribution in [0.1, 0.15) is 25.0 Å². The van der Waals surface area contributed by atoms with Crippen molar-refractivity contribution in [3.05, 3.63) is 11.1 Å². The molecule has 0 aromatic carbocycles. The number of carbonyl (C=O) groups excluding carboxylic acids is 1. The number of hydrogen-bond acceptors (Lipinski definition) is 5. The van der Waals surface area contributed by atoms with Gasteiger partial charge in [-0.15, -0.1) is 11.3 Å². The zero-order valence-corrected chi connectivity index (χ0v) is 11.8. The Morgan fingerprint density at radius 1 is 1.50 bits per heavy atom. The predicted molar refractivity (Wildman–Crippen MR) is 73.9 cm³/mol. The largest absolute Gasteiger partial charge is 0.396 e. The van der Waals surface area contributed by atoms with Crippen molar-refractivity contribution >= 4 is 22.4 Å². The van der Waals surface area contributed by atoms with Gasteiger partial charge in [-0.2, -0.15) is 0 Å². The summed E-state index contributed by atoms with van der Waals surface area (Å²) in [6, 6.07) is 0. The molecule has 0 spiro atoms. The minimum Gasteiger partial charge on any atom is -0.396 e. The van der Waals surface area contributed by atoms with Crippen LogP contribution in [0.2, 0.25) is 0 Å². The first-order valence-corrected chi connectivity index (χ1v) is 7.01. The van der Waals surface area contributed by atoms with Crippen LogP contribution in [0.5, 0.6) is 0 Å². The van der Waals surface area contributed by atoms with Crippen molar-refractivity contribution in [1.29, 1.82) is 0 Å². The monoisotopic (exact) mass is 271 g/mol. The lowest BCUT2D eigenvalue weighted by molar-refractivity contribution is -0.117. The molecule has 1 heterocycles. The number of nitrogens with one attached hydrogen (secondary N) is 1. The van der Waals surface area contributed by atoms with Crippen molar-refractivity contribution in [1.82, 2.24) is 9.88 Å². The van der Waals surface area contributed by atoms with E-state index in [1.807, 2.05) is 24.3 Å². The molecule has 0 aliphatic heterocycles. The Morgan fingerprint density at radius 3 is 2.89 bits per heavy atom.